The number of ether oxygens (including phenoxy) is 2. The van der Waals surface area contributed by atoms with E-state index in [1.807, 2.05) is 36.4 Å². The zero-order valence-corrected chi connectivity index (χ0v) is 22.5. The van der Waals surface area contributed by atoms with Crippen molar-refractivity contribution in [1.82, 2.24) is 10.2 Å². The van der Waals surface area contributed by atoms with Gasteiger partial charge in [0.25, 0.3) is 0 Å². The van der Waals surface area contributed by atoms with Gasteiger partial charge in [-0.3, -0.25) is 14.4 Å². The Morgan fingerprint density at radius 1 is 1.10 bits per heavy atom. The molecule has 0 radical (unpaired) electrons. The second-order valence-corrected chi connectivity index (χ2v) is 11.3. The van der Waals surface area contributed by atoms with Gasteiger partial charge in [-0.05, 0) is 37.1 Å². The van der Waals surface area contributed by atoms with Gasteiger partial charge in [0.2, 0.25) is 17.7 Å². The van der Waals surface area contributed by atoms with Gasteiger partial charge < -0.3 is 25.0 Å². The van der Waals surface area contributed by atoms with Crippen molar-refractivity contribution in [2.75, 3.05) is 12.4 Å². The normalized spacial score (nSPS) is 29.4. The van der Waals surface area contributed by atoms with E-state index in [0.29, 0.717) is 16.5 Å². The van der Waals surface area contributed by atoms with Crippen molar-refractivity contribution in [3.8, 4) is 5.75 Å². The molecule has 6 rings (SSSR count). The van der Waals surface area contributed by atoms with E-state index >= 15 is 0 Å². The number of carbonyl (C=O) groups excluding carboxylic acids is 3. The third-order valence-corrected chi connectivity index (χ3v) is 8.74. The Kier molecular flexibility index (Phi) is 6.85. The van der Waals surface area contributed by atoms with E-state index < -0.39 is 29.6 Å². The number of carbonyl (C=O) groups is 3. The maximum atomic E-state index is 14.2. The van der Waals surface area contributed by atoms with Crippen LogP contribution in [0.4, 0.5) is 5.69 Å². The third kappa shape index (κ3) is 4.49. The van der Waals surface area contributed by atoms with Gasteiger partial charge in [0.15, 0.2) is 0 Å². The number of anilines is 1. The van der Waals surface area contributed by atoms with Crippen LogP contribution in [0.15, 0.2) is 60.7 Å². The molecule has 2 bridgehead atoms. The standard InChI is InChI=1S/C30H32ClN3O5/c1-38-22-13-6-5-8-18(22)17-34-26(28(36)32-20-10-3-2-4-11-20)30-15-14-23(39-30)24(25(30)29(34)37)27(35)33-21-12-7-9-19(31)16-21/h5-9,12-16,20,23-26H,2-4,10-11,17H2,1H3,(H,32,36)(H,33,35)/t23-,24+,25-,26+,30+/m1/s1. The molecular weight excluding hydrogens is 518 g/mol. The van der Waals surface area contributed by atoms with Gasteiger partial charge in [0.05, 0.1) is 31.6 Å². The topological polar surface area (TPSA) is 97.0 Å². The van der Waals surface area contributed by atoms with Crippen molar-refractivity contribution >= 4 is 35.0 Å². The summed E-state index contributed by atoms with van der Waals surface area (Å²) in [5.74, 6) is -1.84. The quantitative estimate of drug-likeness (QED) is 0.507. The molecule has 3 heterocycles. The average Bonchev–Trinajstić information content (AvgIpc) is 3.57. The summed E-state index contributed by atoms with van der Waals surface area (Å²) in [6, 6.07) is 13.5. The van der Waals surface area contributed by atoms with E-state index in [1.54, 1.807) is 36.3 Å². The summed E-state index contributed by atoms with van der Waals surface area (Å²) < 4.78 is 12.0. The summed E-state index contributed by atoms with van der Waals surface area (Å²) in [6.45, 7) is 0.161. The largest absolute Gasteiger partial charge is 0.496 e. The molecule has 3 aliphatic heterocycles. The van der Waals surface area contributed by atoms with Crippen LogP contribution in [0.5, 0.6) is 5.75 Å². The Labute approximate surface area is 232 Å². The lowest BCUT2D eigenvalue weighted by molar-refractivity contribution is -0.142. The Bertz CT molecular complexity index is 1330. The van der Waals surface area contributed by atoms with E-state index in [9.17, 15) is 14.4 Å². The van der Waals surface area contributed by atoms with Crippen LogP contribution in [0, 0.1) is 11.8 Å². The molecule has 1 aliphatic carbocycles. The first-order valence-electron chi connectivity index (χ1n) is 13.6. The Morgan fingerprint density at radius 3 is 2.67 bits per heavy atom. The molecule has 2 aromatic carbocycles. The number of hydrogen-bond acceptors (Lipinski definition) is 5. The van der Waals surface area contributed by atoms with Crippen LogP contribution in [0.1, 0.15) is 37.7 Å². The average molecular weight is 550 g/mol. The molecule has 39 heavy (non-hydrogen) atoms. The summed E-state index contributed by atoms with van der Waals surface area (Å²) in [5, 5.41) is 6.61. The second-order valence-electron chi connectivity index (χ2n) is 10.8. The Morgan fingerprint density at radius 2 is 1.90 bits per heavy atom. The predicted octanol–water partition coefficient (Wildman–Crippen LogP) is 4.09. The van der Waals surface area contributed by atoms with E-state index in [4.69, 9.17) is 21.1 Å². The van der Waals surface area contributed by atoms with E-state index in [-0.39, 0.29) is 30.3 Å². The molecule has 3 fully saturated rings. The molecule has 1 saturated carbocycles. The zero-order chi connectivity index (χ0) is 27.1. The molecule has 8 nitrogen and oxygen atoms in total. The van der Waals surface area contributed by atoms with Crippen LogP contribution >= 0.6 is 11.6 Å². The fourth-order valence-electron chi connectivity index (χ4n) is 6.77. The van der Waals surface area contributed by atoms with Gasteiger partial charge >= 0.3 is 0 Å². The molecule has 3 amide bonds. The summed E-state index contributed by atoms with van der Waals surface area (Å²) in [7, 11) is 1.58. The molecule has 5 atom stereocenters. The number of likely N-dealkylation sites (tertiary alicyclic amines) is 1. The maximum absolute atomic E-state index is 14.2. The molecule has 204 valence electrons. The minimum absolute atomic E-state index is 0.0643. The second kappa shape index (κ2) is 10.3. The van der Waals surface area contributed by atoms with Gasteiger partial charge in [-0.1, -0.05) is 67.3 Å². The highest BCUT2D eigenvalue weighted by atomic mass is 35.5. The molecule has 0 aromatic heterocycles. The first-order chi connectivity index (χ1) is 18.9. The highest BCUT2D eigenvalue weighted by Crippen LogP contribution is 2.55. The van der Waals surface area contributed by atoms with Crippen LogP contribution in [0.25, 0.3) is 0 Å². The summed E-state index contributed by atoms with van der Waals surface area (Å²) in [6.07, 6.45) is 8.18. The van der Waals surface area contributed by atoms with Gasteiger partial charge in [0, 0.05) is 22.3 Å². The third-order valence-electron chi connectivity index (χ3n) is 8.50. The lowest BCUT2D eigenvalue weighted by Crippen LogP contribution is -2.56. The minimum Gasteiger partial charge on any atom is -0.496 e. The number of hydrogen-bond donors (Lipinski definition) is 2. The Balaban J connectivity index is 1.34. The lowest BCUT2D eigenvalue weighted by Gasteiger charge is -2.34. The van der Waals surface area contributed by atoms with Crippen molar-refractivity contribution in [1.29, 1.82) is 0 Å². The van der Waals surface area contributed by atoms with Crippen molar-refractivity contribution in [3.05, 3.63) is 71.3 Å². The van der Waals surface area contributed by atoms with Crippen molar-refractivity contribution in [2.24, 2.45) is 11.8 Å². The number of methoxy groups -OCH3 is 1. The maximum Gasteiger partial charge on any atom is 0.246 e. The first-order valence-corrected chi connectivity index (χ1v) is 14.0. The fraction of sp³-hybridized carbons (Fsp3) is 0.433. The van der Waals surface area contributed by atoms with E-state index in [0.717, 1.165) is 37.7 Å². The SMILES string of the molecule is COc1ccccc1CN1C(=O)[C@H]2[C@@H](C(=O)Nc3cccc(Cl)c3)[C@H]3C=C[C@@]2(O3)[C@@H]1C(=O)NC1CCCCC1. The zero-order valence-electron chi connectivity index (χ0n) is 21.8. The number of para-hydroxylation sites is 1. The van der Waals surface area contributed by atoms with Crippen LogP contribution in [-0.4, -0.2) is 53.5 Å². The van der Waals surface area contributed by atoms with Gasteiger partial charge in [-0.25, -0.2) is 0 Å². The molecule has 1 spiro atoms. The smallest absolute Gasteiger partial charge is 0.246 e. The first kappa shape index (κ1) is 25.9. The van der Waals surface area contributed by atoms with Gasteiger partial charge in [-0.2, -0.15) is 0 Å². The van der Waals surface area contributed by atoms with Crippen LogP contribution < -0.4 is 15.4 Å². The number of rotatable bonds is 7. The number of amides is 3. The summed E-state index contributed by atoms with van der Waals surface area (Å²) in [4.78, 5) is 43.3. The number of nitrogens with one attached hydrogen (secondary N) is 2. The lowest BCUT2D eigenvalue weighted by atomic mass is 9.74. The van der Waals surface area contributed by atoms with E-state index in [1.165, 1.54) is 0 Å². The predicted molar refractivity (Wildman–Crippen MR) is 146 cm³/mol. The molecule has 0 unspecified atom stereocenters. The van der Waals surface area contributed by atoms with Crippen molar-refractivity contribution in [2.45, 2.75) is 62.4 Å². The number of fused-ring (bicyclic) bond motifs is 1. The van der Waals surface area contributed by atoms with Gasteiger partial charge in [-0.15, -0.1) is 0 Å². The summed E-state index contributed by atoms with van der Waals surface area (Å²) in [5.41, 5.74) is 0.0913. The highest BCUT2D eigenvalue weighted by molar-refractivity contribution is 6.30. The number of halogens is 1. The molecule has 4 aliphatic rings. The van der Waals surface area contributed by atoms with Crippen LogP contribution in [0.3, 0.4) is 0 Å². The number of nitrogens with zero attached hydrogens (tertiary/aromatic N) is 1. The minimum atomic E-state index is -1.22. The fourth-order valence-corrected chi connectivity index (χ4v) is 6.96. The molecule has 2 saturated heterocycles. The molecular formula is C30H32ClN3O5. The Hall–Kier alpha value is -3.36. The molecule has 2 aromatic rings. The number of benzene rings is 2. The molecule has 2 N–H and O–H groups in total. The molecule has 9 heteroatoms. The monoisotopic (exact) mass is 549 g/mol. The highest BCUT2D eigenvalue weighted by Gasteiger charge is 2.72. The van der Waals surface area contributed by atoms with Crippen molar-refractivity contribution < 1.29 is 23.9 Å². The van der Waals surface area contributed by atoms with E-state index in [2.05, 4.69) is 10.6 Å². The van der Waals surface area contributed by atoms with Crippen LogP contribution in [-0.2, 0) is 25.7 Å². The van der Waals surface area contributed by atoms with Crippen LogP contribution in [0.2, 0.25) is 5.02 Å². The van der Waals surface area contributed by atoms with Crippen molar-refractivity contribution in [3.63, 3.8) is 0 Å². The summed E-state index contributed by atoms with van der Waals surface area (Å²) >= 11 is 6.11. The van der Waals surface area contributed by atoms with Gasteiger partial charge in [0.1, 0.15) is 17.4 Å².